The molecular weight excluding hydrogens is 290 g/mol. The Morgan fingerprint density at radius 2 is 1.95 bits per heavy atom. The van der Waals surface area contributed by atoms with Crippen molar-refractivity contribution in [2.45, 2.75) is 13.5 Å². The number of carbonyl (C=O) groups is 1. The maximum atomic E-state index is 12.2. The lowest BCUT2D eigenvalue weighted by Crippen LogP contribution is -2.15. The van der Waals surface area contributed by atoms with Crippen LogP contribution in [0.25, 0.3) is 0 Å². The summed E-state index contributed by atoms with van der Waals surface area (Å²) in [5.41, 5.74) is 1.56. The molecule has 0 aliphatic heterocycles. The Morgan fingerprint density at radius 3 is 2.57 bits per heavy atom. The van der Waals surface area contributed by atoms with E-state index in [9.17, 15) is 4.79 Å². The Bertz CT molecular complexity index is 629. The predicted octanol–water partition coefficient (Wildman–Crippen LogP) is 2.91. The molecule has 0 spiro atoms. The summed E-state index contributed by atoms with van der Waals surface area (Å²) < 4.78 is 0. The number of rotatable bonds is 5. The molecule has 0 aliphatic carbocycles. The van der Waals surface area contributed by atoms with E-state index in [1.807, 2.05) is 6.92 Å². The molecule has 0 atom stereocenters. The monoisotopic (exact) mass is 305 g/mol. The SMILES string of the molecule is CCNc1ccc(Cl)c(C(=O)Nc2ccc(CO)cc2)n1. The number of amides is 1. The molecule has 21 heavy (non-hydrogen) atoms. The van der Waals surface area contributed by atoms with Crippen LogP contribution in [0.5, 0.6) is 0 Å². The average Bonchev–Trinajstić information content (AvgIpc) is 2.50. The molecule has 3 N–H and O–H groups in total. The fourth-order valence-corrected chi connectivity index (χ4v) is 1.96. The van der Waals surface area contributed by atoms with Crippen LogP contribution in [0.15, 0.2) is 36.4 Å². The molecule has 1 amide bonds. The first kappa shape index (κ1) is 15.3. The van der Waals surface area contributed by atoms with Crippen LogP contribution in [0, 0.1) is 0 Å². The Labute approximate surface area is 128 Å². The van der Waals surface area contributed by atoms with Crippen molar-refractivity contribution in [3.05, 3.63) is 52.7 Å². The van der Waals surface area contributed by atoms with E-state index in [-0.39, 0.29) is 18.2 Å². The summed E-state index contributed by atoms with van der Waals surface area (Å²) in [7, 11) is 0. The van der Waals surface area contributed by atoms with Gasteiger partial charge >= 0.3 is 0 Å². The van der Waals surface area contributed by atoms with Gasteiger partial charge in [0.15, 0.2) is 0 Å². The summed E-state index contributed by atoms with van der Waals surface area (Å²) in [6.07, 6.45) is 0. The highest BCUT2D eigenvalue weighted by atomic mass is 35.5. The Hall–Kier alpha value is -2.11. The van der Waals surface area contributed by atoms with Crippen LogP contribution in [0.2, 0.25) is 5.02 Å². The van der Waals surface area contributed by atoms with Gasteiger partial charge in [0.25, 0.3) is 5.91 Å². The summed E-state index contributed by atoms with van der Waals surface area (Å²) in [5, 5.41) is 15.0. The van der Waals surface area contributed by atoms with Crippen LogP contribution in [-0.2, 0) is 6.61 Å². The second-order valence-electron chi connectivity index (χ2n) is 4.37. The normalized spacial score (nSPS) is 10.2. The number of aromatic nitrogens is 1. The van der Waals surface area contributed by atoms with Gasteiger partial charge in [-0.25, -0.2) is 4.98 Å². The van der Waals surface area contributed by atoms with Gasteiger partial charge in [-0.05, 0) is 36.8 Å². The van der Waals surface area contributed by atoms with Gasteiger partial charge in [0.1, 0.15) is 11.5 Å². The van der Waals surface area contributed by atoms with Crippen molar-refractivity contribution in [1.82, 2.24) is 4.98 Å². The second kappa shape index (κ2) is 7.06. The van der Waals surface area contributed by atoms with Gasteiger partial charge in [0, 0.05) is 12.2 Å². The molecule has 0 unspecified atom stereocenters. The third-order valence-electron chi connectivity index (χ3n) is 2.81. The number of pyridine rings is 1. The Morgan fingerprint density at radius 1 is 1.24 bits per heavy atom. The second-order valence-corrected chi connectivity index (χ2v) is 4.77. The molecule has 2 rings (SSSR count). The highest BCUT2D eigenvalue weighted by Gasteiger charge is 2.13. The lowest BCUT2D eigenvalue weighted by molar-refractivity contribution is 0.102. The third-order valence-corrected chi connectivity index (χ3v) is 3.12. The summed E-state index contributed by atoms with van der Waals surface area (Å²) in [5.74, 6) is 0.221. The maximum Gasteiger partial charge on any atom is 0.275 e. The van der Waals surface area contributed by atoms with Crippen molar-refractivity contribution in [3.8, 4) is 0 Å². The first-order valence-electron chi connectivity index (χ1n) is 6.55. The number of anilines is 2. The zero-order valence-corrected chi connectivity index (χ0v) is 12.3. The van der Waals surface area contributed by atoms with Gasteiger partial charge in [-0.1, -0.05) is 23.7 Å². The largest absolute Gasteiger partial charge is 0.392 e. The van der Waals surface area contributed by atoms with Crippen LogP contribution >= 0.6 is 11.6 Å². The number of hydrogen-bond acceptors (Lipinski definition) is 4. The number of nitrogens with zero attached hydrogens (tertiary/aromatic N) is 1. The molecule has 1 aromatic carbocycles. The summed E-state index contributed by atoms with van der Waals surface area (Å²) >= 11 is 6.02. The van der Waals surface area contributed by atoms with E-state index in [2.05, 4.69) is 15.6 Å². The first-order valence-corrected chi connectivity index (χ1v) is 6.93. The van der Waals surface area contributed by atoms with Crippen LogP contribution in [0.3, 0.4) is 0 Å². The number of carbonyl (C=O) groups excluding carboxylic acids is 1. The molecule has 6 heteroatoms. The van der Waals surface area contributed by atoms with Crippen molar-refractivity contribution < 1.29 is 9.90 Å². The zero-order valence-electron chi connectivity index (χ0n) is 11.6. The third kappa shape index (κ3) is 3.93. The molecule has 110 valence electrons. The van der Waals surface area contributed by atoms with Crippen molar-refractivity contribution in [2.75, 3.05) is 17.2 Å². The fraction of sp³-hybridized carbons (Fsp3) is 0.200. The van der Waals surface area contributed by atoms with E-state index in [0.717, 1.165) is 5.56 Å². The lowest BCUT2D eigenvalue weighted by Gasteiger charge is -2.09. The summed E-state index contributed by atoms with van der Waals surface area (Å²) in [6.45, 7) is 2.61. The Kier molecular flexibility index (Phi) is 5.14. The molecule has 0 saturated heterocycles. The minimum Gasteiger partial charge on any atom is -0.392 e. The molecular formula is C15H16ClN3O2. The van der Waals surface area contributed by atoms with Crippen LogP contribution in [-0.4, -0.2) is 22.5 Å². The maximum absolute atomic E-state index is 12.2. The lowest BCUT2D eigenvalue weighted by atomic mass is 10.2. The van der Waals surface area contributed by atoms with E-state index < -0.39 is 0 Å². The van der Waals surface area contributed by atoms with Crippen LogP contribution in [0.1, 0.15) is 23.0 Å². The molecule has 0 saturated carbocycles. The van der Waals surface area contributed by atoms with Gasteiger partial charge in [-0.3, -0.25) is 4.79 Å². The minimum absolute atomic E-state index is 0.0354. The molecule has 1 aromatic heterocycles. The van der Waals surface area contributed by atoms with Gasteiger partial charge in [0.2, 0.25) is 0 Å². The average molecular weight is 306 g/mol. The van der Waals surface area contributed by atoms with E-state index >= 15 is 0 Å². The van der Waals surface area contributed by atoms with Crippen LogP contribution in [0.4, 0.5) is 11.5 Å². The summed E-state index contributed by atoms with van der Waals surface area (Å²) in [6, 6.07) is 10.3. The van der Waals surface area contributed by atoms with Crippen molar-refractivity contribution in [1.29, 1.82) is 0 Å². The molecule has 5 nitrogen and oxygen atoms in total. The van der Waals surface area contributed by atoms with E-state index in [1.165, 1.54) is 0 Å². The van der Waals surface area contributed by atoms with E-state index in [4.69, 9.17) is 16.7 Å². The number of benzene rings is 1. The van der Waals surface area contributed by atoms with Gasteiger partial charge in [-0.15, -0.1) is 0 Å². The standard InChI is InChI=1S/C15H16ClN3O2/c1-2-17-13-8-7-12(16)14(19-13)15(21)18-11-5-3-10(9-20)4-6-11/h3-8,20H,2,9H2,1H3,(H,17,19)(H,18,21). The summed E-state index contributed by atoms with van der Waals surface area (Å²) in [4.78, 5) is 16.4. The smallest absolute Gasteiger partial charge is 0.275 e. The van der Waals surface area contributed by atoms with E-state index in [0.29, 0.717) is 23.1 Å². The Balaban J connectivity index is 2.17. The molecule has 0 aliphatic rings. The number of nitrogens with one attached hydrogen (secondary N) is 2. The highest BCUT2D eigenvalue weighted by Crippen LogP contribution is 2.18. The highest BCUT2D eigenvalue weighted by molar-refractivity contribution is 6.34. The topological polar surface area (TPSA) is 74.2 Å². The number of aliphatic hydroxyl groups is 1. The van der Waals surface area contributed by atoms with E-state index in [1.54, 1.807) is 36.4 Å². The molecule has 0 bridgehead atoms. The fourth-order valence-electron chi connectivity index (χ4n) is 1.76. The quantitative estimate of drug-likeness (QED) is 0.794. The molecule has 1 heterocycles. The number of hydrogen-bond donors (Lipinski definition) is 3. The van der Waals surface area contributed by atoms with Crippen molar-refractivity contribution in [2.24, 2.45) is 0 Å². The van der Waals surface area contributed by atoms with Gasteiger partial charge < -0.3 is 15.7 Å². The predicted molar refractivity (Wildman–Crippen MR) is 83.7 cm³/mol. The number of aliphatic hydroxyl groups excluding tert-OH is 1. The van der Waals surface area contributed by atoms with Gasteiger partial charge in [-0.2, -0.15) is 0 Å². The minimum atomic E-state index is -0.378. The zero-order chi connectivity index (χ0) is 15.2. The number of halogens is 1. The molecule has 2 aromatic rings. The first-order chi connectivity index (χ1) is 10.1. The van der Waals surface area contributed by atoms with Gasteiger partial charge in [0.05, 0.1) is 11.6 Å². The van der Waals surface area contributed by atoms with Crippen molar-refractivity contribution in [3.63, 3.8) is 0 Å². The molecule has 0 radical (unpaired) electrons. The molecule has 0 fully saturated rings. The van der Waals surface area contributed by atoms with Crippen LogP contribution < -0.4 is 10.6 Å². The van der Waals surface area contributed by atoms with Crippen molar-refractivity contribution >= 4 is 29.0 Å².